The van der Waals surface area contributed by atoms with Gasteiger partial charge >= 0.3 is 0 Å². The Morgan fingerprint density at radius 3 is 2.69 bits per heavy atom. The van der Waals surface area contributed by atoms with Crippen LogP contribution in [0.15, 0.2) is 36.4 Å². The molecule has 2 aliphatic rings. The number of nitrogens with zero attached hydrogens (tertiary/aromatic N) is 2. The van der Waals surface area contributed by atoms with Crippen molar-refractivity contribution in [1.29, 1.82) is 5.26 Å². The molecule has 0 radical (unpaired) electrons. The van der Waals surface area contributed by atoms with Crippen LogP contribution in [0, 0.1) is 23.2 Å². The first kappa shape index (κ1) is 28.5. The Morgan fingerprint density at radius 2 is 2.00 bits per heavy atom. The third-order valence-electron chi connectivity index (χ3n) is 7.21. The van der Waals surface area contributed by atoms with E-state index in [1.54, 1.807) is 0 Å². The number of rotatable bonds is 12. The summed E-state index contributed by atoms with van der Waals surface area (Å²) in [6, 6.07) is 14.0. The molecule has 39 heavy (non-hydrogen) atoms. The van der Waals surface area contributed by atoms with Gasteiger partial charge in [-0.05, 0) is 83.7 Å². The summed E-state index contributed by atoms with van der Waals surface area (Å²) in [5, 5.41) is 23.4. The van der Waals surface area contributed by atoms with Crippen LogP contribution < -0.4 is 30.7 Å². The minimum Gasteiger partial charge on any atom is -0.493 e. The summed E-state index contributed by atoms with van der Waals surface area (Å²) in [6.45, 7) is 6.58. The maximum atomic E-state index is 12.7. The summed E-state index contributed by atoms with van der Waals surface area (Å²) < 4.78 is 11.9. The molecule has 0 aliphatic carbocycles. The molecule has 2 aromatic carbocycles. The highest BCUT2D eigenvalue weighted by Gasteiger charge is 2.31. The number of carbonyl (C=O) groups excluding carboxylic acids is 1. The highest BCUT2D eigenvalue weighted by Crippen LogP contribution is 2.41. The van der Waals surface area contributed by atoms with Crippen molar-refractivity contribution in [3.63, 3.8) is 0 Å². The number of carbonyl (C=O) groups is 1. The monoisotopic (exact) mass is 534 g/mol. The fourth-order valence-electron chi connectivity index (χ4n) is 5.11. The molecule has 1 amide bonds. The van der Waals surface area contributed by atoms with Gasteiger partial charge in [0.05, 0.1) is 36.9 Å². The average molecular weight is 535 g/mol. The van der Waals surface area contributed by atoms with Gasteiger partial charge in [0.25, 0.3) is 0 Å². The molecule has 0 saturated carbocycles. The van der Waals surface area contributed by atoms with Crippen LogP contribution in [-0.4, -0.2) is 64.3 Å². The molecule has 2 heterocycles. The van der Waals surface area contributed by atoms with Gasteiger partial charge in [0, 0.05) is 48.4 Å². The summed E-state index contributed by atoms with van der Waals surface area (Å²) in [5.74, 6) is 1.66. The molecule has 1 saturated heterocycles. The highest BCUT2D eigenvalue weighted by molar-refractivity contribution is 5.93. The van der Waals surface area contributed by atoms with E-state index in [0.29, 0.717) is 43.5 Å². The molecule has 9 nitrogen and oxygen atoms in total. The molecule has 3 unspecified atom stereocenters. The number of hydrogen-bond acceptors (Lipinski definition) is 8. The van der Waals surface area contributed by atoms with E-state index >= 15 is 0 Å². The molecule has 210 valence electrons. The van der Waals surface area contributed by atoms with Gasteiger partial charge in [-0.2, -0.15) is 5.26 Å². The second-order valence-electron chi connectivity index (χ2n) is 10.6. The van der Waals surface area contributed by atoms with Crippen molar-refractivity contribution in [2.24, 2.45) is 11.8 Å². The number of benzene rings is 2. The summed E-state index contributed by atoms with van der Waals surface area (Å²) in [6.07, 6.45) is 3.59. The highest BCUT2D eigenvalue weighted by atomic mass is 16.5. The minimum absolute atomic E-state index is 0.0533. The number of nitrogens with one attached hydrogen (secondary N) is 4. The second-order valence-corrected chi connectivity index (χ2v) is 10.6. The Balaban J connectivity index is 1.49. The van der Waals surface area contributed by atoms with E-state index in [0.717, 1.165) is 48.7 Å². The zero-order valence-electron chi connectivity index (χ0n) is 23.4. The van der Waals surface area contributed by atoms with E-state index in [1.807, 2.05) is 57.4 Å². The first-order valence-corrected chi connectivity index (χ1v) is 14.1. The van der Waals surface area contributed by atoms with Crippen molar-refractivity contribution >= 4 is 23.0 Å². The van der Waals surface area contributed by atoms with Crippen LogP contribution in [0.3, 0.4) is 0 Å². The lowest BCUT2D eigenvalue weighted by molar-refractivity contribution is -0.116. The molecule has 3 atom stereocenters. The third kappa shape index (κ3) is 8.01. The first-order valence-electron chi connectivity index (χ1n) is 14.1. The summed E-state index contributed by atoms with van der Waals surface area (Å²) in [5.41, 5.74) is 3.35. The van der Waals surface area contributed by atoms with E-state index in [9.17, 15) is 10.1 Å². The summed E-state index contributed by atoms with van der Waals surface area (Å²) in [4.78, 5) is 14.8. The molecule has 0 aromatic heterocycles. The Kier molecular flexibility index (Phi) is 10.3. The number of nitriles is 1. The van der Waals surface area contributed by atoms with E-state index < -0.39 is 0 Å². The van der Waals surface area contributed by atoms with Crippen molar-refractivity contribution in [3.8, 4) is 17.6 Å². The zero-order chi connectivity index (χ0) is 27.6. The first-order chi connectivity index (χ1) is 19.0. The fraction of sp³-hybridized carbons (Fsp3) is 0.533. The van der Waals surface area contributed by atoms with Crippen molar-refractivity contribution in [2.45, 2.75) is 38.6 Å². The minimum atomic E-state index is -0.297. The van der Waals surface area contributed by atoms with Crippen LogP contribution in [0.5, 0.6) is 11.5 Å². The lowest BCUT2D eigenvalue weighted by Crippen LogP contribution is -2.33. The van der Waals surface area contributed by atoms with E-state index in [2.05, 4.69) is 32.2 Å². The van der Waals surface area contributed by atoms with Crippen molar-refractivity contribution in [1.82, 2.24) is 10.2 Å². The molecule has 4 rings (SSSR count). The molecule has 2 aliphatic heterocycles. The SMILES string of the molecule is CCOc1cc2c(cc1NC(=O)CCCN(C)C)C(Nc1ccc(OCC3CCCNC3)cc1)C(C#N)CN2. The van der Waals surface area contributed by atoms with Gasteiger partial charge in [-0.3, -0.25) is 4.79 Å². The van der Waals surface area contributed by atoms with Crippen LogP contribution in [0.4, 0.5) is 17.1 Å². The van der Waals surface area contributed by atoms with Gasteiger partial charge < -0.3 is 35.6 Å². The maximum Gasteiger partial charge on any atom is 0.224 e. The Morgan fingerprint density at radius 1 is 1.18 bits per heavy atom. The van der Waals surface area contributed by atoms with Crippen LogP contribution in [0.2, 0.25) is 0 Å². The molecule has 9 heteroatoms. The van der Waals surface area contributed by atoms with E-state index in [4.69, 9.17) is 9.47 Å². The van der Waals surface area contributed by atoms with Gasteiger partial charge in [-0.25, -0.2) is 0 Å². The molecule has 2 aromatic rings. The molecular weight excluding hydrogens is 492 g/mol. The number of amides is 1. The van der Waals surface area contributed by atoms with Crippen molar-refractivity contribution in [2.75, 3.05) is 69.4 Å². The standard InChI is InChI=1S/C30H42N6O3/c1-4-38-28-16-26-25(15-27(28)35-29(37)8-6-14-36(2)3)30(22(17-31)19-33-26)34-23-9-11-24(12-10-23)39-20-21-7-5-13-32-18-21/h9-12,15-16,21-22,30,32-34H,4-8,13-14,18-20H2,1-3H3,(H,35,37). The summed E-state index contributed by atoms with van der Waals surface area (Å²) >= 11 is 0. The number of piperidine rings is 1. The Labute approximate surface area is 232 Å². The van der Waals surface area contributed by atoms with Gasteiger partial charge in [-0.15, -0.1) is 0 Å². The topological polar surface area (TPSA) is 111 Å². The third-order valence-corrected chi connectivity index (χ3v) is 7.21. The van der Waals surface area contributed by atoms with Crippen LogP contribution >= 0.6 is 0 Å². The smallest absolute Gasteiger partial charge is 0.224 e. The average Bonchev–Trinajstić information content (AvgIpc) is 2.94. The zero-order valence-corrected chi connectivity index (χ0v) is 23.4. The number of ether oxygens (including phenoxy) is 2. The number of fused-ring (bicyclic) bond motifs is 1. The maximum absolute atomic E-state index is 12.7. The van der Waals surface area contributed by atoms with Crippen molar-refractivity contribution in [3.05, 3.63) is 42.0 Å². The Hall–Kier alpha value is -3.48. The lowest BCUT2D eigenvalue weighted by Gasteiger charge is -2.33. The largest absolute Gasteiger partial charge is 0.493 e. The second kappa shape index (κ2) is 14.1. The van der Waals surface area contributed by atoms with Crippen LogP contribution in [0.25, 0.3) is 0 Å². The van der Waals surface area contributed by atoms with E-state index in [-0.39, 0.29) is 17.9 Å². The predicted molar refractivity (Wildman–Crippen MR) is 156 cm³/mol. The molecular formula is C30H42N6O3. The normalized spacial score (nSPS) is 20.3. The molecule has 1 fully saturated rings. The van der Waals surface area contributed by atoms with E-state index in [1.165, 1.54) is 12.8 Å². The molecule has 0 bridgehead atoms. The van der Waals surface area contributed by atoms with Gasteiger partial charge in [0.2, 0.25) is 5.91 Å². The quantitative estimate of drug-likeness (QED) is 0.316. The predicted octanol–water partition coefficient (Wildman–Crippen LogP) is 4.46. The lowest BCUT2D eigenvalue weighted by atomic mass is 9.88. The summed E-state index contributed by atoms with van der Waals surface area (Å²) in [7, 11) is 3.99. The number of hydrogen-bond donors (Lipinski definition) is 4. The number of anilines is 3. The van der Waals surface area contributed by atoms with Crippen LogP contribution in [0.1, 0.15) is 44.2 Å². The van der Waals surface area contributed by atoms with Crippen LogP contribution in [-0.2, 0) is 4.79 Å². The van der Waals surface area contributed by atoms with Crippen molar-refractivity contribution < 1.29 is 14.3 Å². The fourth-order valence-corrected chi connectivity index (χ4v) is 5.11. The van der Waals surface area contributed by atoms with Gasteiger partial charge in [0.15, 0.2) is 0 Å². The molecule has 0 spiro atoms. The van der Waals surface area contributed by atoms with Gasteiger partial charge in [-0.1, -0.05) is 0 Å². The molecule has 4 N–H and O–H groups in total. The Bertz CT molecular complexity index is 1120. The van der Waals surface area contributed by atoms with Gasteiger partial charge in [0.1, 0.15) is 11.5 Å².